The Morgan fingerprint density at radius 2 is 1.27 bits per heavy atom. The summed E-state index contributed by atoms with van der Waals surface area (Å²) in [6.07, 6.45) is 0. The summed E-state index contributed by atoms with van der Waals surface area (Å²) < 4.78 is 27.3. The molecule has 0 aliphatic carbocycles. The van der Waals surface area contributed by atoms with Crippen molar-refractivity contribution in [2.75, 3.05) is 0 Å². The Morgan fingerprint density at radius 3 is 1.92 bits per heavy atom. The summed E-state index contributed by atoms with van der Waals surface area (Å²) in [7, 11) is 0. The number of rotatable bonds is 12. The molecule has 5 aromatic carbocycles. The van der Waals surface area contributed by atoms with E-state index in [1.807, 2.05) is 103 Å². The molecule has 12 heteroatoms. The van der Waals surface area contributed by atoms with Crippen molar-refractivity contribution in [3.63, 3.8) is 0 Å². The summed E-state index contributed by atoms with van der Waals surface area (Å²) in [5, 5.41) is 25.0. The molecule has 0 aliphatic rings. The van der Waals surface area contributed by atoms with E-state index in [0.29, 0.717) is 39.2 Å². The van der Waals surface area contributed by atoms with Gasteiger partial charge in [-0.1, -0.05) is 0 Å². The van der Waals surface area contributed by atoms with Crippen LogP contribution in [0.2, 0.25) is 0 Å². The summed E-state index contributed by atoms with van der Waals surface area (Å²) in [6, 6.07) is 36.7. The van der Waals surface area contributed by atoms with Gasteiger partial charge in [0.2, 0.25) is 0 Å². The first-order chi connectivity index (χ1) is 23.4. The minimum absolute atomic E-state index is 0.318. The van der Waals surface area contributed by atoms with Crippen LogP contribution in [0.25, 0.3) is 21.9 Å². The zero-order chi connectivity index (χ0) is 33.0. The first-order valence-electron chi connectivity index (χ1n) is 14.6. The van der Waals surface area contributed by atoms with Crippen molar-refractivity contribution in [1.29, 1.82) is 0 Å². The van der Waals surface area contributed by atoms with Crippen molar-refractivity contribution in [3.05, 3.63) is 153 Å². The van der Waals surface area contributed by atoms with Crippen LogP contribution in [0, 0.1) is 20.2 Å². The van der Waals surface area contributed by atoms with Crippen LogP contribution < -0.4 is 27.7 Å². The number of nitro benzene ring substituents is 2. The molecule has 0 radical (unpaired) electrons. The van der Waals surface area contributed by atoms with E-state index in [9.17, 15) is 20.2 Å². The van der Waals surface area contributed by atoms with Gasteiger partial charge in [0.1, 0.15) is 0 Å². The third-order valence-corrected chi connectivity index (χ3v) is 12.3. The van der Waals surface area contributed by atoms with Gasteiger partial charge < -0.3 is 0 Å². The zero-order valence-corrected chi connectivity index (χ0v) is 28.4. The van der Waals surface area contributed by atoms with Crippen molar-refractivity contribution in [2.45, 2.75) is 13.2 Å². The molecule has 48 heavy (non-hydrogen) atoms. The molecule has 0 saturated carbocycles. The predicted octanol–water partition coefficient (Wildman–Crippen LogP) is 5.46. The van der Waals surface area contributed by atoms with E-state index in [4.69, 9.17) is 18.3 Å². The van der Waals surface area contributed by atoms with Crippen LogP contribution in [0.1, 0.15) is 11.1 Å². The van der Waals surface area contributed by atoms with Crippen LogP contribution in [0.3, 0.4) is 0 Å². The van der Waals surface area contributed by atoms with Crippen LogP contribution in [0.15, 0.2) is 130 Å². The van der Waals surface area contributed by atoms with Gasteiger partial charge in [0.25, 0.3) is 0 Å². The third-order valence-electron chi connectivity index (χ3n) is 7.30. The molecule has 2 heterocycles. The molecule has 0 spiro atoms. The summed E-state index contributed by atoms with van der Waals surface area (Å²) in [5.74, 6) is 1.36. The second-order valence-corrected chi connectivity index (χ2v) is 14.8. The van der Waals surface area contributed by atoms with Crippen LogP contribution in [-0.4, -0.2) is 39.8 Å². The fraction of sp³-hybridized carbons (Fsp3) is 0.0556. The van der Waals surface area contributed by atoms with Gasteiger partial charge in [0.15, 0.2) is 0 Å². The van der Waals surface area contributed by atoms with Gasteiger partial charge in [0, 0.05) is 0 Å². The summed E-state index contributed by atoms with van der Waals surface area (Å²) >= 11 is -1.11. The molecular weight excluding hydrogens is 746 g/mol. The number of ether oxygens (including phenoxy) is 2. The average Bonchev–Trinajstić information content (AvgIpc) is 3.67. The molecule has 2 aromatic heterocycles. The number of benzene rings is 5. The molecule has 0 saturated heterocycles. The topological polar surface area (TPSA) is 131 Å². The molecule has 7 rings (SSSR count). The third kappa shape index (κ3) is 6.97. The van der Waals surface area contributed by atoms with Crippen LogP contribution >= 0.6 is 0 Å². The molecule has 0 amide bonds. The number of hydrogen-bond acceptors (Lipinski definition) is 8. The van der Waals surface area contributed by atoms with Gasteiger partial charge in [-0.15, -0.1) is 0 Å². The van der Waals surface area contributed by atoms with Crippen molar-refractivity contribution in [2.24, 2.45) is 0 Å². The van der Waals surface area contributed by atoms with Gasteiger partial charge in [0.05, 0.1) is 0 Å². The minimum atomic E-state index is -0.691. The van der Waals surface area contributed by atoms with E-state index in [2.05, 4.69) is 0 Å². The second-order valence-electron chi connectivity index (χ2n) is 10.6. The Labute approximate surface area is 285 Å². The molecule has 0 unspecified atom stereocenters. The number of hydrogen-bond donors (Lipinski definition) is 0. The molecule has 7 aromatic rings. The molecule has 0 atom stereocenters. The maximum absolute atomic E-state index is 11.9. The van der Waals surface area contributed by atoms with Crippen molar-refractivity contribution in [3.8, 4) is 11.5 Å². The predicted molar refractivity (Wildman–Crippen MR) is 184 cm³/mol. The summed E-state index contributed by atoms with van der Waals surface area (Å²) in [6.45, 7) is 0.825. The Hall–Kier alpha value is -5.38. The van der Waals surface area contributed by atoms with E-state index in [0.717, 1.165) is 42.8 Å². The molecule has 10 nitrogen and oxygen atoms in total. The quantitative estimate of drug-likeness (QED) is 0.0910. The monoisotopic (exact) mass is 772 g/mol. The molecule has 0 N–H and O–H groups in total. The van der Waals surface area contributed by atoms with E-state index >= 15 is 0 Å². The number of nitro groups is 2. The number of fused-ring (bicyclic) bond motifs is 2. The Morgan fingerprint density at radius 1 is 0.625 bits per heavy atom. The van der Waals surface area contributed by atoms with Crippen molar-refractivity contribution in [1.82, 2.24) is 0 Å². The van der Waals surface area contributed by atoms with Gasteiger partial charge in [-0.25, -0.2) is 0 Å². The fourth-order valence-electron chi connectivity index (χ4n) is 4.95. The molecule has 0 fully saturated rings. The standard InChI is InChI=1S/C36H24N2O8Se2/c39-37(40)26-11-16-33(30(19-26)38(41)42)47-36-35(29-20-28(13-15-32(29)46-36)44-22-24-9-5-2-6-10-24)48-34-18-25-17-27(12-14-31(25)45-34)43-21-23-7-3-1-4-8-23/h1-20H,21-22H2. The van der Waals surface area contributed by atoms with Gasteiger partial charge in [-0.3, -0.25) is 0 Å². The Balaban J connectivity index is 1.23. The van der Waals surface area contributed by atoms with E-state index in [1.54, 1.807) is 0 Å². The summed E-state index contributed by atoms with van der Waals surface area (Å²) in [5.41, 5.74) is 2.74. The maximum atomic E-state index is 11.9. The van der Waals surface area contributed by atoms with Crippen LogP contribution in [0.4, 0.5) is 11.4 Å². The van der Waals surface area contributed by atoms with E-state index < -0.39 is 39.8 Å². The Bertz CT molecular complexity index is 2270. The van der Waals surface area contributed by atoms with Gasteiger partial charge in [-0.05, 0) is 0 Å². The Kier molecular flexibility index (Phi) is 8.96. The SMILES string of the molecule is O=[N+]([O-])c1ccc([Se]c2oc3ccc(OCc4ccccc4)cc3c2[Se]c2cc3cc(OCc4ccccc4)ccc3o2)c([N+](=O)[O-])c1. The summed E-state index contributed by atoms with van der Waals surface area (Å²) in [4.78, 5) is 22.0. The molecule has 0 aliphatic heterocycles. The van der Waals surface area contributed by atoms with Crippen molar-refractivity contribution < 1.29 is 28.2 Å². The zero-order valence-electron chi connectivity index (χ0n) is 24.9. The fourth-order valence-corrected chi connectivity index (χ4v) is 9.68. The number of non-ortho nitro benzene ring substituents is 1. The number of nitrogens with zero attached hydrogens (tertiary/aromatic N) is 2. The van der Waals surface area contributed by atoms with E-state index in [-0.39, 0.29) is 11.4 Å². The average molecular weight is 771 g/mol. The first-order valence-corrected chi connectivity index (χ1v) is 18.0. The van der Waals surface area contributed by atoms with Gasteiger partial charge >= 0.3 is 287 Å². The molecule has 238 valence electrons. The van der Waals surface area contributed by atoms with Crippen molar-refractivity contribution >= 4 is 81.5 Å². The normalized spacial score (nSPS) is 11.2. The molecular formula is C36H24N2O8Se2. The van der Waals surface area contributed by atoms with Crippen LogP contribution in [-0.2, 0) is 13.2 Å². The van der Waals surface area contributed by atoms with Crippen LogP contribution in [0.5, 0.6) is 11.5 Å². The van der Waals surface area contributed by atoms with Gasteiger partial charge in [-0.2, -0.15) is 0 Å². The first kappa shape index (κ1) is 31.2. The van der Waals surface area contributed by atoms with E-state index in [1.165, 1.54) is 12.1 Å². The number of furan rings is 2. The molecule has 0 bridgehead atoms. The second kappa shape index (κ2) is 13.8.